The van der Waals surface area contributed by atoms with Crippen molar-refractivity contribution in [2.24, 2.45) is 0 Å². The summed E-state index contributed by atoms with van der Waals surface area (Å²) in [5, 5.41) is 21.5. The first-order valence-electron chi connectivity index (χ1n) is 7.19. The highest BCUT2D eigenvalue weighted by atomic mass is 16.5. The molecule has 0 saturated heterocycles. The predicted molar refractivity (Wildman–Crippen MR) is 85.0 cm³/mol. The third-order valence-electron chi connectivity index (χ3n) is 3.30. The smallest absolute Gasteiger partial charge is 0.325 e. The summed E-state index contributed by atoms with van der Waals surface area (Å²) in [6, 6.07) is 9.58. The molecular formula is C16H18N4O3. The molecule has 0 aliphatic rings. The van der Waals surface area contributed by atoms with E-state index in [1.54, 1.807) is 0 Å². The van der Waals surface area contributed by atoms with E-state index in [0.29, 0.717) is 29.9 Å². The van der Waals surface area contributed by atoms with Crippen molar-refractivity contribution in [2.75, 3.05) is 20.3 Å². The van der Waals surface area contributed by atoms with Gasteiger partial charge in [0.25, 0.3) is 0 Å². The highest BCUT2D eigenvalue weighted by Gasteiger charge is 2.14. The number of aliphatic hydroxyl groups excluding tert-OH is 1. The van der Waals surface area contributed by atoms with Crippen LogP contribution in [0.5, 0.6) is 0 Å². The van der Waals surface area contributed by atoms with Gasteiger partial charge in [-0.05, 0) is 25.0 Å². The third-order valence-corrected chi connectivity index (χ3v) is 3.30. The minimum Gasteiger partial charge on any atom is -0.468 e. The molecule has 0 aliphatic carbocycles. The number of aromatic nitrogens is 2. The number of fused-ring (bicyclic) bond motifs is 1. The van der Waals surface area contributed by atoms with E-state index in [2.05, 4.69) is 26.1 Å². The normalized spacial score (nSPS) is 11.7. The lowest BCUT2D eigenvalue weighted by atomic mass is 10.1. The fourth-order valence-corrected chi connectivity index (χ4v) is 2.14. The number of nitrogens with one attached hydrogen (secondary N) is 2. The van der Waals surface area contributed by atoms with E-state index in [1.165, 1.54) is 7.11 Å². The predicted octanol–water partition coefficient (Wildman–Crippen LogP) is 1.33. The molecule has 1 aromatic heterocycles. The maximum atomic E-state index is 11.3. The second-order valence-electron chi connectivity index (χ2n) is 4.82. The monoisotopic (exact) mass is 314 g/mol. The highest BCUT2D eigenvalue weighted by Crippen LogP contribution is 2.20. The second kappa shape index (κ2) is 7.96. The van der Waals surface area contributed by atoms with Crippen molar-refractivity contribution in [1.29, 1.82) is 5.26 Å². The van der Waals surface area contributed by atoms with Crippen molar-refractivity contribution in [2.45, 2.75) is 12.8 Å². The van der Waals surface area contributed by atoms with Crippen molar-refractivity contribution in [3.63, 3.8) is 0 Å². The lowest BCUT2D eigenvalue weighted by Gasteiger charge is -2.11. The molecule has 0 radical (unpaired) electrons. The molecular weight excluding hydrogens is 296 g/mol. The van der Waals surface area contributed by atoms with Crippen molar-refractivity contribution >= 4 is 22.6 Å². The minimum absolute atomic E-state index is 0.0117. The van der Waals surface area contributed by atoms with Crippen LogP contribution in [0.2, 0.25) is 0 Å². The van der Waals surface area contributed by atoms with E-state index in [-0.39, 0.29) is 13.2 Å². The molecule has 2 rings (SSSR count). The Balaban J connectivity index is 2.37. The van der Waals surface area contributed by atoms with Crippen LogP contribution in [0.1, 0.15) is 18.7 Å². The lowest BCUT2D eigenvalue weighted by Crippen LogP contribution is -2.24. The highest BCUT2D eigenvalue weighted by molar-refractivity contribution is 5.83. The fourth-order valence-electron chi connectivity index (χ4n) is 2.14. The van der Waals surface area contributed by atoms with Gasteiger partial charge in [-0.2, -0.15) is 5.26 Å². The minimum atomic E-state index is -0.437. The summed E-state index contributed by atoms with van der Waals surface area (Å²) in [5.74, 6) is -0.00704. The number of hydrogen-bond donors (Lipinski definition) is 3. The van der Waals surface area contributed by atoms with E-state index < -0.39 is 5.97 Å². The molecule has 0 bridgehead atoms. The van der Waals surface area contributed by atoms with Crippen molar-refractivity contribution in [1.82, 2.24) is 15.3 Å². The number of aromatic amines is 1. The number of aliphatic hydroxyl groups is 1. The molecule has 120 valence electrons. The Morgan fingerprint density at radius 3 is 2.91 bits per heavy atom. The number of esters is 1. The van der Waals surface area contributed by atoms with Crippen LogP contribution in [-0.2, 0) is 9.53 Å². The molecule has 1 aromatic carbocycles. The van der Waals surface area contributed by atoms with Crippen LogP contribution in [0.25, 0.3) is 16.6 Å². The Kier molecular flexibility index (Phi) is 5.72. The van der Waals surface area contributed by atoms with E-state index in [9.17, 15) is 10.1 Å². The SMILES string of the molecule is COC(=O)CN/C(CCCO)=C(/C#N)c1nc2ccccc2[nH]1. The Labute approximate surface area is 133 Å². The van der Waals surface area contributed by atoms with E-state index >= 15 is 0 Å². The number of nitrogens with zero attached hydrogens (tertiary/aromatic N) is 2. The van der Waals surface area contributed by atoms with Gasteiger partial charge in [0, 0.05) is 12.3 Å². The number of carbonyl (C=O) groups is 1. The molecule has 0 aliphatic heterocycles. The third kappa shape index (κ3) is 4.08. The Hall–Kier alpha value is -2.85. The summed E-state index contributed by atoms with van der Waals surface area (Å²) in [6.45, 7) is -0.0646. The number of rotatable bonds is 7. The average molecular weight is 314 g/mol. The number of H-pyrrole nitrogens is 1. The topological polar surface area (TPSA) is 111 Å². The second-order valence-corrected chi connectivity index (χ2v) is 4.82. The van der Waals surface area contributed by atoms with Crippen LogP contribution in [0.4, 0.5) is 0 Å². The first-order valence-corrected chi connectivity index (χ1v) is 7.19. The molecule has 0 atom stereocenters. The van der Waals surface area contributed by atoms with Gasteiger partial charge in [-0.15, -0.1) is 0 Å². The molecule has 7 heteroatoms. The van der Waals surface area contributed by atoms with Crippen LogP contribution in [0.3, 0.4) is 0 Å². The van der Waals surface area contributed by atoms with Gasteiger partial charge in [-0.3, -0.25) is 4.79 Å². The van der Waals surface area contributed by atoms with Gasteiger partial charge in [0.1, 0.15) is 18.2 Å². The number of ether oxygens (including phenoxy) is 1. The maximum absolute atomic E-state index is 11.3. The van der Waals surface area contributed by atoms with Crippen molar-refractivity contribution in [3.05, 3.63) is 35.8 Å². The number of methoxy groups -OCH3 is 1. The first-order chi connectivity index (χ1) is 11.2. The molecule has 0 spiro atoms. The molecule has 2 aromatic rings. The zero-order chi connectivity index (χ0) is 16.7. The summed E-state index contributed by atoms with van der Waals surface area (Å²) in [4.78, 5) is 18.8. The van der Waals surface area contributed by atoms with E-state index in [0.717, 1.165) is 11.0 Å². The van der Waals surface area contributed by atoms with Crippen molar-refractivity contribution in [3.8, 4) is 6.07 Å². The zero-order valence-electron chi connectivity index (χ0n) is 12.8. The average Bonchev–Trinajstić information content (AvgIpc) is 3.00. The van der Waals surface area contributed by atoms with Crippen LogP contribution in [-0.4, -0.2) is 41.3 Å². The number of hydrogen-bond acceptors (Lipinski definition) is 6. The van der Waals surface area contributed by atoms with Crippen LogP contribution in [0.15, 0.2) is 30.0 Å². The number of carbonyl (C=O) groups excluding carboxylic acids is 1. The molecule has 0 fully saturated rings. The number of imidazole rings is 1. The molecule has 0 unspecified atom stereocenters. The van der Waals surface area contributed by atoms with Crippen LogP contribution < -0.4 is 5.32 Å². The summed E-state index contributed by atoms with van der Waals surface area (Å²) in [6.07, 6.45) is 0.891. The van der Waals surface area contributed by atoms with E-state index in [1.807, 2.05) is 24.3 Å². The maximum Gasteiger partial charge on any atom is 0.325 e. The quantitative estimate of drug-likeness (QED) is 0.525. The largest absolute Gasteiger partial charge is 0.468 e. The fraction of sp³-hybridized carbons (Fsp3) is 0.312. The Morgan fingerprint density at radius 1 is 1.48 bits per heavy atom. The number of benzene rings is 1. The summed E-state index contributed by atoms with van der Waals surface area (Å²) < 4.78 is 4.59. The Morgan fingerprint density at radius 2 is 2.26 bits per heavy atom. The molecule has 0 amide bonds. The van der Waals surface area contributed by atoms with Gasteiger partial charge in [-0.25, -0.2) is 4.98 Å². The molecule has 23 heavy (non-hydrogen) atoms. The molecule has 0 saturated carbocycles. The lowest BCUT2D eigenvalue weighted by molar-refractivity contribution is -0.139. The Bertz CT molecular complexity index is 725. The van der Waals surface area contributed by atoms with Crippen LogP contribution in [0, 0.1) is 11.3 Å². The number of nitriles is 1. The molecule has 1 heterocycles. The summed E-state index contributed by atoms with van der Waals surface area (Å²) >= 11 is 0. The van der Waals surface area contributed by atoms with Gasteiger partial charge >= 0.3 is 5.97 Å². The van der Waals surface area contributed by atoms with Gasteiger partial charge in [-0.1, -0.05) is 12.1 Å². The summed E-state index contributed by atoms with van der Waals surface area (Å²) in [7, 11) is 1.30. The number of allylic oxidation sites excluding steroid dienone is 2. The first kappa shape index (κ1) is 16.5. The van der Waals surface area contributed by atoms with Crippen molar-refractivity contribution < 1.29 is 14.6 Å². The summed E-state index contributed by atoms with van der Waals surface area (Å²) in [5.41, 5.74) is 2.44. The molecule has 3 N–H and O–H groups in total. The van der Waals surface area contributed by atoms with E-state index in [4.69, 9.17) is 5.11 Å². The number of para-hydroxylation sites is 2. The van der Waals surface area contributed by atoms with Gasteiger partial charge in [0.15, 0.2) is 5.82 Å². The standard InChI is InChI=1S/C16H18N4O3/c1-23-15(22)10-18-12(7-4-8-21)11(9-17)16-19-13-5-2-3-6-14(13)20-16/h2-3,5-6,18,21H,4,7-8,10H2,1H3,(H,19,20)/b12-11-. The van der Waals surface area contributed by atoms with Crippen LogP contribution >= 0.6 is 0 Å². The van der Waals surface area contributed by atoms with Gasteiger partial charge in [0.05, 0.1) is 18.1 Å². The zero-order valence-corrected chi connectivity index (χ0v) is 12.8. The van der Waals surface area contributed by atoms with Gasteiger partial charge in [0.2, 0.25) is 0 Å². The molecule has 7 nitrogen and oxygen atoms in total. The van der Waals surface area contributed by atoms with Gasteiger partial charge < -0.3 is 20.1 Å².